The summed E-state index contributed by atoms with van der Waals surface area (Å²) in [6.07, 6.45) is 5.90. The van der Waals surface area contributed by atoms with E-state index >= 15 is 0 Å². The zero-order chi connectivity index (χ0) is 10.4. The first-order chi connectivity index (χ1) is 6.75. The molecule has 78 valence electrons. The standard InChI is InChI=1S/C10H16IN3/c1-9-8-10(9,4-2-6-11)5-3-7-13-14-12/h1-8H2. The summed E-state index contributed by atoms with van der Waals surface area (Å²) in [6.45, 7) is 4.70. The SMILES string of the molecule is C=C1CC1(CCCI)CCCN=[N+]=[N-]. The Morgan fingerprint density at radius 1 is 1.50 bits per heavy atom. The molecule has 14 heavy (non-hydrogen) atoms. The summed E-state index contributed by atoms with van der Waals surface area (Å²) in [6, 6.07) is 0. The minimum absolute atomic E-state index is 0.427. The van der Waals surface area contributed by atoms with Crippen LogP contribution in [-0.4, -0.2) is 11.0 Å². The van der Waals surface area contributed by atoms with Crippen LogP contribution in [-0.2, 0) is 0 Å². The van der Waals surface area contributed by atoms with Gasteiger partial charge in [0.1, 0.15) is 0 Å². The Morgan fingerprint density at radius 3 is 2.64 bits per heavy atom. The van der Waals surface area contributed by atoms with Crippen molar-refractivity contribution in [3.05, 3.63) is 22.6 Å². The van der Waals surface area contributed by atoms with Crippen molar-refractivity contribution in [3.8, 4) is 0 Å². The third-order valence-corrected chi connectivity index (χ3v) is 3.71. The first kappa shape index (κ1) is 11.9. The molecule has 1 unspecified atom stereocenters. The second-order valence-electron chi connectivity index (χ2n) is 3.91. The largest absolute Gasteiger partial charge is 0.0993 e. The number of rotatable bonds is 7. The van der Waals surface area contributed by atoms with E-state index in [4.69, 9.17) is 5.53 Å². The van der Waals surface area contributed by atoms with Gasteiger partial charge in [-0.15, -0.1) is 0 Å². The highest BCUT2D eigenvalue weighted by Gasteiger charge is 2.45. The Bertz CT molecular complexity index is 258. The van der Waals surface area contributed by atoms with E-state index in [1.165, 1.54) is 29.3 Å². The van der Waals surface area contributed by atoms with Crippen molar-refractivity contribution in [3.63, 3.8) is 0 Å². The maximum absolute atomic E-state index is 8.14. The fourth-order valence-electron chi connectivity index (χ4n) is 1.96. The van der Waals surface area contributed by atoms with Gasteiger partial charge < -0.3 is 0 Å². The summed E-state index contributed by atoms with van der Waals surface area (Å²) in [4.78, 5) is 2.76. The molecule has 0 N–H and O–H groups in total. The highest BCUT2D eigenvalue weighted by atomic mass is 127. The van der Waals surface area contributed by atoms with Crippen LogP contribution in [0.2, 0.25) is 0 Å². The van der Waals surface area contributed by atoms with Gasteiger partial charge in [0.2, 0.25) is 0 Å². The Balaban J connectivity index is 2.25. The van der Waals surface area contributed by atoms with Gasteiger partial charge in [0, 0.05) is 11.5 Å². The van der Waals surface area contributed by atoms with E-state index in [1.54, 1.807) is 0 Å². The quantitative estimate of drug-likeness (QED) is 0.128. The number of nitrogens with zero attached hydrogens (tertiary/aromatic N) is 3. The second-order valence-corrected chi connectivity index (χ2v) is 4.99. The van der Waals surface area contributed by atoms with Crippen LogP contribution in [0.1, 0.15) is 32.1 Å². The number of allylic oxidation sites excluding steroid dienone is 1. The lowest BCUT2D eigenvalue weighted by molar-refractivity contribution is 0.437. The summed E-state index contributed by atoms with van der Waals surface area (Å²) in [5, 5.41) is 3.56. The molecule has 0 aliphatic heterocycles. The van der Waals surface area contributed by atoms with Gasteiger partial charge in [-0.3, -0.25) is 0 Å². The van der Waals surface area contributed by atoms with Crippen molar-refractivity contribution >= 4 is 22.6 Å². The molecule has 1 aliphatic carbocycles. The van der Waals surface area contributed by atoms with Crippen molar-refractivity contribution in [1.82, 2.24) is 0 Å². The molecular formula is C10H16IN3. The molecule has 0 aromatic rings. The highest BCUT2D eigenvalue weighted by Crippen LogP contribution is 2.57. The van der Waals surface area contributed by atoms with E-state index in [1.807, 2.05) is 0 Å². The van der Waals surface area contributed by atoms with Crippen LogP contribution in [0.5, 0.6) is 0 Å². The predicted molar refractivity (Wildman–Crippen MR) is 67.6 cm³/mol. The van der Waals surface area contributed by atoms with Gasteiger partial charge in [-0.25, -0.2) is 0 Å². The van der Waals surface area contributed by atoms with E-state index in [0.29, 0.717) is 12.0 Å². The lowest BCUT2D eigenvalue weighted by Gasteiger charge is -2.12. The fourth-order valence-corrected chi connectivity index (χ4v) is 2.34. The van der Waals surface area contributed by atoms with Crippen LogP contribution in [0.15, 0.2) is 17.3 Å². The molecule has 3 nitrogen and oxygen atoms in total. The molecule has 0 aromatic carbocycles. The summed E-state index contributed by atoms with van der Waals surface area (Å²) >= 11 is 2.42. The Morgan fingerprint density at radius 2 is 2.14 bits per heavy atom. The second kappa shape index (κ2) is 5.61. The summed E-state index contributed by atoms with van der Waals surface area (Å²) in [5.74, 6) is 0. The lowest BCUT2D eigenvalue weighted by atomic mass is 9.94. The molecule has 1 fully saturated rings. The van der Waals surface area contributed by atoms with E-state index in [0.717, 1.165) is 12.8 Å². The normalized spacial score (nSPS) is 24.5. The molecule has 4 heteroatoms. The van der Waals surface area contributed by atoms with Gasteiger partial charge in [0.15, 0.2) is 0 Å². The molecule has 0 amide bonds. The smallest absolute Gasteiger partial charge is 0.0258 e. The molecular weight excluding hydrogens is 289 g/mol. The van der Waals surface area contributed by atoms with Gasteiger partial charge in [-0.2, -0.15) is 0 Å². The Labute approximate surface area is 98.7 Å². The molecule has 0 aromatic heterocycles. The minimum atomic E-state index is 0.427. The molecule has 0 bridgehead atoms. The Kier molecular flexibility index (Phi) is 4.75. The van der Waals surface area contributed by atoms with Gasteiger partial charge >= 0.3 is 0 Å². The van der Waals surface area contributed by atoms with Crippen molar-refractivity contribution in [2.24, 2.45) is 10.5 Å². The molecule has 1 aliphatic rings. The van der Waals surface area contributed by atoms with Crippen molar-refractivity contribution < 1.29 is 0 Å². The number of alkyl halides is 1. The number of hydrogen-bond acceptors (Lipinski definition) is 1. The molecule has 1 rings (SSSR count). The van der Waals surface area contributed by atoms with E-state index in [9.17, 15) is 0 Å². The van der Waals surface area contributed by atoms with Crippen molar-refractivity contribution in [2.75, 3.05) is 11.0 Å². The average molecular weight is 305 g/mol. The van der Waals surface area contributed by atoms with Gasteiger partial charge in [0.05, 0.1) is 0 Å². The van der Waals surface area contributed by atoms with Crippen molar-refractivity contribution in [2.45, 2.75) is 32.1 Å². The van der Waals surface area contributed by atoms with E-state index < -0.39 is 0 Å². The van der Waals surface area contributed by atoms with E-state index in [-0.39, 0.29) is 0 Å². The molecule has 1 saturated carbocycles. The third-order valence-electron chi connectivity index (χ3n) is 2.94. The number of halogens is 1. The van der Waals surface area contributed by atoms with E-state index in [2.05, 4.69) is 39.2 Å². The van der Waals surface area contributed by atoms with Gasteiger partial charge in [-0.1, -0.05) is 39.9 Å². The van der Waals surface area contributed by atoms with Crippen LogP contribution in [0.3, 0.4) is 0 Å². The predicted octanol–water partition coefficient (Wildman–Crippen LogP) is 4.24. The maximum Gasteiger partial charge on any atom is 0.0258 e. The van der Waals surface area contributed by atoms with Crippen LogP contribution in [0, 0.1) is 5.41 Å². The summed E-state index contributed by atoms with van der Waals surface area (Å²) in [5.41, 5.74) is 9.98. The first-order valence-electron chi connectivity index (χ1n) is 5.00. The first-order valence-corrected chi connectivity index (χ1v) is 6.53. The minimum Gasteiger partial charge on any atom is -0.0993 e. The zero-order valence-corrected chi connectivity index (χ0v) is 10.5. The highest BCUT2D eigenvalue weighted by molar-refractivity contribution is 14.1. The fraction of sp³-hybridized carbons (Fsp3) is 0.800. The topological polar surface area (TPSA) is 48.8 Å². The summed E-state index contributed by atoms with van der Waals surface area (Å²) in [7, 11) is 0. The lowest BCUT2D eigenvalue weighted by Crippen LogP contribution is -2.02. The summed E-state index contributed by atoms with van der Waals surface area (Å²) < 4.78 is 1.23. The van der Waals surface area contributed by atoms with Crippen LogP contribution >= 0.6 is 22.6 Å². The number of hydrogen-bond donors (Lipinski definition) is 0. The average Bonchev–Trinajstić information content (AvgIpc) is 2.82. The van der Waals surface area contributed by atoms with Crippen LogP contribution in [0.4, 0.5) is 0 Å². The zero-order valence-electron chi connectivity index (χ0n) is 8.38. The van der Waals surface area contributed by atoms with Crippen LogP contribution in [0.25, 0.3) is 10.4 Å². The molecule has 0 spiro atoms. The van der Waals surface area contributed by atoms with Crippen molar-refractivity contribution in [1.29, 1.82) is 0 Å². The third kappa shape index (κ3) is 3.17. The monoisotopic (exact) mass is 305 g/mol. The molecule has 0 radical (unpaired) electrons. The molecule has 0 saturated heterocycles. The number of azide groups is 1. The van der Waals surface area contributed by atoms with Gasteiger partial charge in [0.25, 0.3) is 0 Å². The maximum atomic E-state index is 8.14. The molecule has 1 atom stereocenters. The van der Waals surface area contributed by atoms with Gasteiger partial charge in [-0.05, 0) is 47.5 Å². The van der Waals surface area contributed by atoms with Crippen LogP contribution < -0.4 is 0 Å². The molecule has 0 heterocycles. The Hall–Kier alpha value is -0.220.